The van der Waals surface area contributed by atoms with Crippen molar-refractivity contribution in [1.29, 1.82) is 0 Å². The van der Waals surface area contributed by atoms with Crippen LogP contribution in [0.2, 0.25) is 0 Å². The number of ether oxygens (including phenoxy) is 1. The summed E-state index contributed by atoms with van der Waals surface area (Å²) in [6.45, 7) is 9.04. The quantitative estimate of drug-likeness (QED) is 0.549. The van der Waals surface area contributed by atoms with Crippen LogP contribution in [0.1, 0.15) is 41.0 Å². The summed E-state index contributed by atoms with van der Waals surface area (Å²) in [7, 11) is 0. The first kappa shape index (κ1) is 20.2. The maximum atomic E-state index is 5.87. The molecule has 154 valence electrons. The fraction of sp³-hybridized carbons (Fsp3) is 0.269. The highest BCUT2D eigenvalue weighted by atomic mass is 16.5. The first-order valence-electron chi connectivity index (χ1n) is 10.6. The van der Waals surface area contributed by atoms with Gasteiger partial charge in [0, 0.05) is 11.9 Å². The van der Waals surface area contributed by atoms with Crippen LogP contribution >= 0.6 is 0 Å². The number of pyridine rings is 1. The largest absolute Gasteiger partial charge is 0.489 e. The van der Waals surface area contributed by atoms with Crippen LogP contribution in [0.15, 0.2) is 73.4 Å². The van der Waals surface area contributed by atoms with Gasteiger partial charge in [-0.3, -0.25) is 0 Å². The molecule has 2 N–H and O–H groups in total. The van der Waals surface area contributed by atoms with Gasteiger partial charge in [-0.05, 0) is 85.3 Å². The summed E-state index contributed by atoms with van der Waals surface area (Å²) in [5.41, 5.74) is 5.49. The van der Waals surface area contributed by atoms with Crippen LogP contribution in [-0.2, 0) is 6.61 Å². The molecular weight excluding hydrogens is 370 g/mol. The zero-order chi connectivity index (χ0) is 20.8. The molecule has 0 radical (unpaired) electrons. The average Bonchev–Trinajstić information content (AvgIpc) is 2.80. The van der Waals surface area contributed by atoms with Crippen molar-refractivity contribution in [3.05, 3.63) is 95.7 Å². The number of benzene rings is 2. The summed E-state index contributed by atoms with van der Waals surface area (Å²) in [4.78, 5) is 4.68. The van der Waals surface area contributed by atoms with Gasteiger partial charge in [0.25, 0.3) is 0 Å². The van der Waals surface area contributed by atoms with Crippen molar-refractivity contribution in [2.24, 2.45) is 0 Å². The van der Waals surface area contributed by atoms with E-state index in [2.05, 4.69) is 47.3 Å². The number of hydrogen-bond donors (Lipinski definition) is 2. The second-order valence-electron chi connectivity index (χ2n) is 7.86. The molecule has 4 nitrogen and oxygen atoms in total. The highest BCUT2D eigenvalue weighted by Crippen LogP contribution is 2.28. The van der Waals surface area contributed by atoms with E-state index in [-0.39, 0.29) is 0 Å². The van der Waals surface area contributed by atoms with Gasteiger partial charge in [-0.2, -0.15) is 0 Å². The molecule has 0 amide bonds. The molecule has 0 spiro atoms. The predicted octanol–water partition coefficient (Wildman–Crippen LogP) is 5.52. The fourth-order valence-corrected chi connectivity index (χ4v) is 3.81. The molecule has 1 saturated heterocycles. The second-order valence-corrected chi connectivity index (χ2v) is 7.86. The van der Waals surface area contributed by atoms with Gasteiger partial charge in [0.1, 0.15) is 18.2 Å². The van der Waals surface area contributed by atoms with Gasteiger partial charge < -0.3 is 15.4 Å². The van der Waals surface area contributed by atoms with E-state index in [9.17, 15) is 0 Å². The zero-order valence-corrected chi connectivity index (χ0v) is 17.5. The summed E-state index contributed by atoms with van der Waals surface area (Å²) >= 11 is 0. The van der Waals surface area contributed by atoms with E-state index in [4.69, 9.17) is 4.74 Å². The first-order chi connectivity index (χ1) is 14.7. The normalized spacial score (nSPS) is 14.3. The Morgan fingerprint density at radius 2 is 1.83 bits per heavy atom. The summed E-state index contributed by atoms with van der Waals surface area (Å²) in [5.74, 6) is 2.32. The van der Waals surface area contributed by atoms with Crippen LogP contribution in [0.4, 0.5) is 5.82 Å². The number of aromatic nitrogens is 1. The van der Waals surface area contributed by atoms with Crippen molar-refractivity contribution < 1.29 is 4.74 Å². The third-order valence-electron chi connectivity index (χ3n) is 5.63. The molecule has 1 aliphatic rings. The van der Waals surface area contributed by atoms with E-state index < -0.39 is 0 Å². The molecule has 0 atom stereocenters. The molecule has 0 unspecified atom stereocenters. The van der Waals surface area contributed by atoms with Crippen LogP contribution in [0, 0.1) is 6.92 Å². The monoisotopic (exact) mass is 399 g/mol. The second kappa shape index (κ2) is 9.59. The molecule has 2 aromatic carbocycles. The minimum atomic E-state index is 0.561. The number of piperidine rings is 1. The van der Waals surface area contributed by atoms with E-state index >= 15 is 0 Å². The Labute approximate surface area is 179 Å². The summed E-state index contributed by atoms with van der Waals surface area (Å²) in [5, 5.41) is 6.80. The Hall–Kier alpha value is -3.11. The topological polar surface area (TPSA) is 46.2 Å². The SMILES string of the molecule is C=C(Nc1ncc(C2CCNCC2)cc1C)c1ccc(OCc2ccccc2)cc1. The fourth-order valence-electron chi connectivity index (χ4n) is 3.81. The Bertz CT molecular complexity index is 977. The maximum Gasteiger partial charge on any atom is 0.133 e. The van der Waals surface area contributed by atoms with Crippen LogP contribution in [0.5, 0.6) is 5.75 Å². The van der Waals surface area contributed by atoms with Gasteiger partial charge in [-0.25, -0.2) is 4.98 Å². The van der Waals surface area contributed by atoms with Crippen molar-refractivity contribution in [2.45, 2.75) is 32.3 Å². The molecule has 1 aliphatic heterocycles. The lowest BCUT2D eigenvalue weighted by Crippen LogP contribution is -2.26. The van der Waals surface area contributed by atoms with Crippen LogP contribution in [0.3, 0.4) is 0 Å². The van der Waals surface area contributed by atoms with Gasteiger partial charge in [0.05, 0.1) is 0 Å². The molecule has 4 heteroatoms. The van der Waals surface area contributed by atoms with Crippen molar-refractivity contribution in [2.75, 3.05) is 18.4 Å². The van der Waals surface area contributed by atoms with Crippen molar-refractivity contribution >= 4 is 11.5 Å². The molecule has 1 fully saturated rings. The Kier molecular flexibility index (Phi) is 6.45. The van der Waals surface area contributed by atoms with Gasteiger partial charge >= 0.3 is 0 Å². The Balaban J connectivity index is 1.36. The van der Waals surface area contributed by atoms with E-state index in [1.165, 1.54) is 18.4 Å². The highest BCUT2D eigenvalue weighted by molar-refractivity contribution is 5.75. The molecule has 4 rings (SSSR count). The Morgan fingerprint density at radius 3 is 2.53 bits per heavy atom. The standard InChI is InChI=1S/C26H29N3O/c1-19-16-24(23-12-14-27-15-13-23)17-28-26(19)29-20(2)22-8-10-25(11-9-22)30-18-21-6-4-3-5-7-21/h3-11,16-17,23,27H,2,12-15,18H2,1H3,(H,28,29). The minimum absolute atomic E-state index is 0.561. The molecule has 0 saturated carbocycles. The molecule has 1 aromatic heterocycles. The first-order valence-corrected chi connectivity index (χ1v) is 10.6. The lowest BCUT2D eigenvalue weighted by atomic mass is 9.91. The lowest BCUT2D eigenvalue weighted by Gasteiger charge is -2.23. The zero-order valence-electron chi connectivity index (χ0n) is 17.5. The third-order valence-corrected chi connectivity index (χ3v) is 5.63. The predicted molar refractivity (Wildman–Crippen MR) is 124 cm³/mol. The lowest BCUT2D eigenvalue weighted by molar-refractivity contribution is 0.306. The molecule has 30 heavy (non-hydrogen) atoms. The molecule has 2 heterocycles. The van der Waals surface area contributed by atoms with Gasteiger partial charge in [-0.1, -0.05) is 43.0 Å². The summed E-state index contributed by atoms with van der Waals surface area (Å²) < 4.78 is 5.87. The van der Waals surface area contributed by atoms with Crippen molar-refractivity contribution in [1.82, 2.24) is 10.3 Å². The Morgan fingerprint density at radius 1 is 1.10 bits per heavy atom. The van der Waals surface area contributed by atoms with E-state index in [0.717, 1.165) is 47.0 Å². The minimum Gasteiger partial charge on any atom is -0.489 e. The third kappa shape index (κ3) is 5.08. The number of nitrogens with one attached hydrogen (secondary N) is 2. The number of rotatable bonds is 7. The summed E-state index contributed by atoms with van der Waals surface area (Å²) in [6.07, 6.45) is 4.37. The number of hydrogen-bond acceptors (Lipinski definition) is 4. The molecule has 3 aromatic rings. The summed E-state index contributed by atoms with van der Waals surface area (Å²) in [6, 6.07) is 20.4. The van der Waals surface area contributed by atoms with Crippen LogP contribution in [0.25, 0.3) is 5.70 Å². The number of nitrogens with zero attached hydrogens (tertiary/aromatic N) is 1. The van der Waals surface area contributed by atoms with Crippen molar-refractivity contribution in [3.8, 4) is 5.75 Å². The van der Waals surface area contributed by atoms with Crippen molar-refractivity contribution in [3.63, 3.8) is 0 Å². The van der Waals surface area contributed by atoms with E-state index in [0.29, 0.717) is 12.5 Å². The van der Waals surface area contributed by atoms with Crippen LogP contribution in [-0.4, -0.2) is 18.1 Å². The molecular formula is C26H29N3O. The number of aryl methyl sites for hydroxylation is 1. The van der Waals surface area contributed by atoms with E-state index in [1.54, 1.807) is 0 Å². The van der Waals surface area contributed by atoms with Crippen LogP contribution < -0.4 is 15.4 Å². The maximum absolute atomic E-state index is 5.87. The van der Waals surface area contributed by atoms with E-state index in [1.807, 2.05) is 48.7 Å². The highest BCUT2D eigenvalue weighted by Gasteiger charge is 2.16. The van der Waals surface area contributed by atoms with Gasteiger partial charge in [-0.15, -0.1) is 0 Å². The molecule has 0 bridgehead atoms. The number of anilines is 1. The molecule has 0 aliphatic carbocycles. The average molecular weight is 400 g/mol. The smallest absolute Gasteiger partial charge is 0.133 e. The van der Waals surface area contributed by atoms with Gasteiger partial charge in [0.2, 0.25) is 0 Å². The van der Waals surface area contributed by atoms with Gasteiger partial charge in [0.15, 0.2) is 0 Å².